The molecule has 0 saturated heterocycles. The normalized spacial score (nSPS) is 22.2. The quantitative estimate of drug-likeness (QED) is 0.445. The van der Waals surface area contributed by atoms with Crippen molar-refractivity contribution in [1.82, 2.24) is 34.9 Å². The van der Waals surface area contributed by atoms with Gasteiger partial charge in [0.2, 0.25) is 0 Å². The number of rotatable bonds is 4. The van der Waals surface area contributed by atoms with Crippen molar-refractivity contribution in [2.24, 2.45) is 5.41 Å². The van der Waals surface area contributed by atoms with Gasteiger partial charge in [0.05, 0.1) is 28.1 Å². The Labute approximate surface area is 195 Å². The largest absolute Gasteiger partial charge is 0.252 e. The molecule has 1 saturated carbocycles. The van der Waals surface area contributed by atoms with Crippen LogP contribution in [0.5, 0.6) is 0 Å². The van der Waals surface area contributed by atoms with E-state index in [0.717, 1.165) is 42.0 Å². The maximum atomic E-state index is 14.5. The molecular weight excluding hydrogens is 436 g/mol. The van der Waals surface area contributed by atoms with Gasteiger partial charge in [-0.1, -0.05) is 26.8 Å². The number of hydrogen-bond acceptors (Lipinski definition) is 6. The lowest BCUT2D eigenvalue weighted by Crippen LogP contribution is -2.38. The van der Waals surface area contributed by atoms with Crippen LogP contribution in [0, 0.1) is 17.0 Å². The summed E-state index contributed by atoms with van der Waals surface area (Å²) in [5.41, 5.74) is 2.01. The Morgan fingerprint density at radius 1 is 1.09 bits per heavy atom. The first-order valence-electron chi connectivity index (χ1n) is 11.4. The molecule has 3 aromatic heterocycles. The molecule has 1 aromatic carbocycles. The van der Waals surface area contributed by atoms with Gasteiger partial charge in [0.25, 0.3) is 5.95 Å². The highest BCUT2D eigenvalue weighted by Gasteiger charge is 2.65. The number of nitrogens with zero attached hydrogens (tertiary/aromatic N) is 7. The Morgan fingerprint density at radius 3 is 2.62 bits per heavy atom. The molecule has 4 aromatic rings. The zero-order valence-corrected chi connectivity index (χ0v) is 19.1. The molecular formula is C25H23F2N7. The first kappa shape index (κ1) is 20.9. The van der Waals surface area contributed by atoms with Gasteiger partial charge in [-0.05, 0) is 54.0 Å². The zero-order chi connectivity index (χ0) is 23.7. The summed E-state index contributed by atoms with van der Waals surface area (Å²) in [5, 5.41) is 13.3. The van der Waals surface area contributed by atoms with Crippen molar-refractivity contribution in [2.45, 2.75) is 51.4 Å². The van der Waals surface area contributed by atoms with E-state index in [4.69, 9.17) is 4.98 Å². The molecule has 1 fully saturated rings. The second-order valence-electron chi connectivity index (χ2n) is 9.55. The minimum Gasteiger partial charge on any atom is -0.220 e. The van der Waals surface area contributed by atoms with Crippen molar-refractivity contribution in [1.29, 1.82) is 0 Å². The molecule has 9 heteroatoms. The average molecular weight is 460 g/mol. The fourth-order valence-corrected chi connectivity index (χ4v) is 6.01. The molecule has 2 bridgehead atoms. The summed E-state index contributed by atoms with van der Waals surface area (Å²) in [6, 6.07) is 7.56. The van der Waals surface area contributed by atoms with E-state index in [2.05, 4.69) is 39.1 Å². The van der Waals surface area contributed by atoms with Crippen molar-refractivity contribution in [3.8, 4) is 17.2 Å². The molecule has 0 unspecified atom stereocenters. The minimum absolute atomic E-state index is 0.144. The van der Waals surface area contributed by atoms with E-state index in [9.17, 15) is 8.78 Å². The van der Waals surface area contributed by atoms with E-state index in [1.54, 1.807) is 17.2 Å². The lowest BCUT2D eigenvalue weighted by atomic mass is 9.66. The monoisotopic (exact) mass is 459 g/mol. The van der Waals surface area contributed by atoms with Crippen LogP contribution in [0.2, 0.25) is 0 Å². The third kappa shape index (κ3) is 2.66. The number of benzene rings is 1. The highest BCUT2D eigenvalue weighted by atomic mass is 19.1. The maximum absolute atomic E-state index is 14.5. The second kappa shape index (κ2) is 7.19. The molecule has 2 atom stereocenters. The summed E-state index contributed by atoms with van der Waals surface area (Å²) in [6.07, 6.45) is 5.86. The van der Waals surface area contributed by atoms with Crippen LogP contribution in [0.1, 0.15) is 62.3 Å². The van der Waals surface area contributed by atoms with Crippen molar-refractivity contribution in [2.75, 3.05) is 0 Å². The number of halogens is 2. The Hall–Kier alpha value is -3.62. The molecule has 0 spiro atoms. The van der Waals surface area contributed by atoms with Gasteiger partial charge in [-0.15, -0.1) is 10.2 Å². The van der Waals surface area contributed by atoms with Gasteiger partial charge >= 0.3 is 0 Å². The molecule has 0 radical (unpaired) electrons. The van der Waals surface area contributed by atoms with E-state index >= 15 is 0 Å². The van der Waals surface area contributed by atoms with Crippen molar-refractivity contribution in [3.63, 3.8) is 0 Å². The van der Waals surface area contributed by atoms with Gasteiger partial charge in [0, 0.05) is 12.6 Å². The fourth-order valence-electron chi connectivity index (χ4n) is 6.01. The molecule has 34 heavy (non-hydrogen) atoms. The maximum Gasteiger partial charge on any atom is 0.252 e. The molecule has 2 aliphatic rings. The molecule has 7 nitrogen and oxygen atoms in total. The van der Waals surface area contributed by atoms with E-state index in [1.165, 1.54) is 18.2 Å². The highest BCUT2D eigenvalue weighted by Crippen LogP contribution is 2.69. The van der Waals surface area contributed by atoms with Gasteiger partial charge in [-0.2, -0.15) is 9.78 Å². The highest BCUT2D eigenvalue weighted by molar-refractivity contribution is 5.64. The summed E-state index contributed by atoms with van der Waals surface area (Å²) < 4.78 is 30.5. The van der Waals surface area contributed by atoms with E-state index in [1.807, 2.05) is 19.1 Å². The number of aryl methyl sites for hydroxylation is 1. The molecule has 172 valence electrons. The van der Waals surface area contributed by atoms with E-state index in [-0.39, 0.29) is 22.6 Å². The van der Waals surface area contributed by atoms with Crippen LogP contribution in [-0.4, -0.2) is 34.9 Å². The van der Waals surface area contributed by atoms with Crippen LogP contribution in [0.3, 0.4) is 0 Å². The van der Waals surface area contributed by atoms with Crippen LogP contribution < -0.4 is 0 Å². The fraction of sp³-hybridized carbons (Fsp3) is 0.360. The Morgan fingerprint density at radius 2 is 1.88 bits per heavy atom. The van der Waals surface area contributed by atoms with Gasteiger partial charge in [-0.3, -0.25) is 0 Å². The van der Waals surface area contributed by atoms with Crippen LogP contribution in [0.15, 0.2) is 42.9 Å². The van der Waals surface area contributed by atoms with Crippen LogP contribution in [0.25, 0.3) is 17.2 Å². The summed E-state index contributed by atoms with van der Waals surface area (Å²) in [4.78, 5) is 13.6. The van der Waals surface area contributed by atoms with Gasteiger partial charge in [0.1, 0.15) is 18.0 Å². The van der Waals surface area contributed by atoms with Gasteiger partial charge in [-0.25, -0.2) is 23.7 Å². The smallest absolute Gasteiger partial charge is 0.220 e. The van der Waals surface area contributed by atoms with Crippen LogP contribution in [-0.2, 0) is 11.8 Å². The third-order valence-corrected chi connectivity index (χ3v) is 7.74. The molecule has 0 N–H and O–H groups in total. The number of aromatic nitrogens is 7. The van der Waals surface area contributed by atoms with Gasteiger partial charge < -0.3 is 0 Å². The number of hydrogen-bond donors (Lipinski definition) is 0. The first-order chi connectivity index (χ1) is 16.4. The third-order valence-electron chi connectivity index (χ3n) is 7.74. The average Bonchev–Trinajstić information content (AvgIpc) is 3.47. The van der Waals surface area contributed by atoms with Crippen molar-refractivity contribution < 1.29 is 8.78 Å². The SMILES string of the molecule is CCc1ncn(-c2nccc([C@]34CC[C@@H](c5cc(-c6c(F)cccc6F)nnc53)C4(C)C)n2)n1. The predicted molar refractivity (Wildman–Crippen MR) is 120 cm³/mol. The molecule has 2 aliphatic carbocycles. The first-order valence-corrected chi connectivity index (χ1v) is 11.4. The Kier molecular flexibility index (Phi) is 4.43. The van der Waals surface area contributed by atoms with Crippen molar-refractivity contribution >= 4 is 0 Å². The van der Waals surface area contributed by atoms with Crippen LogP contribution in [0.4, 0.5) is 8.78 Å². The summed E-state index contributed by atoms with van der Waals surface area (Å²) in [7, 11) is 0. The van der Waals surface area contributed by atoms with Crippen LogP contribution >= 0.6 is 0 Å². The van der Waals surface area contributed by atoms with E-state index in [0.29, 0.717) is 5.95 Å². The number of fused-ring (bicyclic) bond motifs is 5. The zero-order valence-electron chi connectivity index (χ0n) is 19.1. The standard InChI is InChI=1S/C25H23F2N7/c1-4-20-29-13-34(33-20)23-28-11-9-19(30-23)25-10-8-15(24(25,2)3)14-12-18(31-32-22(14)25)21-16(26)6-5-7-17(21)27/h5-7,9,11-13,15H,4,8,10H2,1-3H3/t15-,25+/m0/s1. The minimum atomic E-state index is -0.647. The summed E-state index contributed by atoms with van der Waals surface area (Å²) in [5.74, 6) is 0.0449. The molecule has 3 heterocycles. The Bertz CT molecular complexity index is 1410. The molecule has 0 aliphatic heterocycles. The predicted octanol–water partition coefficient (Wildman–Crippen LogP) is 4.56. The summed E-state index contributed by atoms with van der Waals surface area (Å²) in [6.45, 7) is 6.41. The lowest BCUT2D eigenvalue weighted by molar-refractivity contribution is 0.242. The second-order valence-corrected chi connectivity index (χ2v) is 9.55. The van der Waals surface area contributed by atoms with Crippen molar-refractivity contribution in [3.05, 3.63) is 77.3 Å². The molecule has 0 amide bonds. The Balaban J connectivity index is 1.51. The topological polar surface area (TPSA) is 82.3 Å². The molecule has 6 rings (SSSR count). The van der Waals surface area contributed by atoms with Gasteiger partial charge in [0.15, 0.2) is 5.82 Å². The lowest BCUT2D eigenvalue weighted by Gasteiger charge is -2.37. The van der Waals surface area contributed by atoms with E-state index < -0.39 is 17.0 Å². The summed E-state index contributed by atoms with van der Waals surface area (Å²) >= 11 is 0.